The molecular weight excluding hydrogens is 254 g/mol. The highest BCUT2D eigenvalue weighted by Gasteiger charge is 2.18. The quantitative estimate of drug-likeness (QED) is 0.782. The fourth-order valence-corrected chi connectivity index (χ4v) is 1.84. The van der Waals surface area contributed by atoms with Crippen molar-refractivity contribution in [2.75, 3.05) is 7.11 Å². The average Bonchev–Trinajstić information content (AvgIpc) is 2.74. The Hall–Kier alpha value is -1.88. The Labute approximate surface area is 109 Å². The van der Waals surface area contributed by atoms with Crippen molar-refractivity contribution in [3.05, 3.63) is 40.2 Å². The molecule has 0 N–H and O–H groups in total. The SMILES string of the molecule is COC(=O)c1nnn(-c2cccc(Cl)c2C)c1C. The van der Waals surface area contributed by atoms with Crippen LogP contribution in [0.25, 0.3) is 5.69 Å². The van der Waals surface area contributed by atoms with E-state index < -0.39 is 5.97 Å². The van der Waals surface area contributed by atoms with Crippen molar-refractivity contribution in [1.29, 1.82) is 0 Å². The van der Waals surface area contributed by atoms with Crippen LogP contribution in [0, 0.1) is 13.8 Å². The van der Waals surface area contributed by atoms with Crippen molar-refractivity contribution in [3.63, 3.8) is 0 Å². The smallest absolute Gasteiger partial charge is 0.360 e. The molecule has 0 aliphatic carbocycles. The van der Waals surface area contributed by atoms with Gasteiger partial charge in [-0.3, -0.25) is 0 Å². The minimum absolute atomic E-state index is 0.205. The van der Waals surface area contributed by atoms with Gasteiger partial charge >= 0.3 is 5.97 Å². The Morgan fingerprint density at radius 1 is 1.39 bits per heavy atom. The van der Waals surface area contributed by atoms with Crippen molar-refractivity contribution in [3.8, 4) is 5.69 Å². The number of hydrogen-bond acceptors (Lipinski definition) is 4. The Bertz CT molecular complexity index is 607. The van der Waals surface area contributed by atoms with E-state index in [0.717, 1.165) is 11.3 Å². The molecule has 6 heteroatoms. The minimum atomic E-state index is -0.501. The zero-order valence-corrected chi connectivity index (χ0v) is 11.0. The first-order chi connectivity index (χ1) is 8.56. The topological polar surface area (TPSA) is 57.0 Å². The van der Waals surface area contributed by atoms with Crippen LogP contribution in [-0.2, 0) is 4.74 Å². The molecule has 0 fully saturated rings. The van der Waals surface area contributed by atoms with Crippen molar-refractivity contribution in [2.24, 2.45) is 0 Å². The van der Waals surface area contributed by atoms with Gasteiger partial charge in [0.1, 0.15) is 0 Å². The summed E-state index contributed by atoms with van der Waals surface area (Å²) < 4.78 is 6.22. The normalized spacial score (nSPS) is 10.4. The van der Waals surface area contributed by atoms with Crippen LogP contribution in [0.1, 0.15) is 21.7 Å². The Kier molecular flexibility index (Phi) is 3.34. The number of esters is 1. The number of carbonyl (C=O) groups excluding carboxylic acids is 1. The second-order valence-corrected chi connectivity index (χ2v) is 4.22. The Morgan fingerprint density at radius 3 is 2.78 bits per heavy atom. The zero-order chi connectivity index (χ0) is 13.3. The lowest BCUT2D eigenvalue weighted by molar-refractivity contribution is 0.0593. The van der Waals surface area contributed by atoms with Gasteiger partial charge in [0.05, 0.1) is 18.5 Å². The molecule has 0 saturated heterocycles. The van der Waals surface area contributed by atoms with Gasteiger partial charge in [0, 0.05) is 5.02 Å². The number of nitrogens with zero attached hydrogens (tertiary/aromatic N) is 3. The third-order valence-electron chi connectivity index (χ3n) is 2.74. The molecule has 18 heavy (non-hydrogen) atoms. The third kappa shape index (κ3) is 1.97. The van der Waals surface area contributed by atoms with Gasteiger partial charge in [-0.05, 0) is 31.5 Å². The van der Waals surface area contributed by atoms with Gasteiger partial charge in [0.2, 0.25) is 0 Å². The van der Waals surface area contributed by atoms with Crippen molar-refractivity contribution in [1.82, 2.24) is 15.0 Å². The lowest BCUT2D eigenvalue weighted by Crippen LogP contribution is -2.06. The molecule has 0 atom stereocenters. The average molecular weight is 266 g/mol. The number of methoxy groups -OCH3 is 1. The summed E-state index contributed by atoms with van der Waals surface area (Å²) in [5, 5.41) is 8.43. The van der Waals surface area contributed by atoms with Crippen LogP contribution < -0.4 is 0 Å². The zero-order valence-electron chi connectivity index (χ0n) is 10.3. The summed E-state index contributed by atoms with van der Waals surface area (Å²) in [6.07, 6.45) is 0. The molecule has 2 rings (SSSR count). The van der Waals surface area contributed by atoms with Crippen LogP contribution in [0.2, 0.25) is 5.02 Å². The van der Waals surface area contributed by atoms with E-state index in [-0.39, 0.29) is 5.69 Å². The highest BCUT2D eigenvalue weighted by Crippen LogP contribution is 2.23. The Morgan fingerprint density at radius 2 is 2.11 bits per heavy atom. The number of rotatable bonds is 2. The van der Waals surface area contributed by atoms with E-state index in [2.05, 4.69) is 15.0 Å². The summed E-state index contributed by atoms with van der Waals surface area (Å²) in [7, 11) is 1.31. The minimum Gasteiger partial charge on any atom is -0.464 e. The van der Waals surface area contributed by atoms with Gasteiger partial charge in [-0.1, -0.05) is 22.9 Å². The lowest BCUT2D eigenvalue weighted by Gasteiger charge is -2.08. The fourth-order valence-electron chi connectivity index (χ4n) is 1.67. The molecule has 0 amide bonds. The third-order valence-corrected chi connectivity index (χ3v) is 3.15. The molecule has 0 bridgehead atoms. The summed E-state index contributed by atoms with van der Waals surface area (Å²) in [6, 6.07) is 5.49. The fraction of sp³-hybridized carbons (Fsp3) is 0.250. The molecule has 1 aromatic heterocycles. The highest BCUT2D eigenvalue weighted by atomic mass is 35.5. The monoisotopic (exact) mass is 265 g/mol. The van der Waals surface area contributed by atoms with E-state index in [9.17, 15) is 4.79 Å². The standard InChI is InChI=1S/C12H12ClN3O2/c1-7-9(13)5-4-6-10(7)16-8(2)11(14-15-16)12(17)18-3/h4-6H,1-3H3. The number of ether oxygens (including phenoxy) is 1. The van der Waals surface area contributed by atoms with Gasteiger partial charge < -0.3 is 4.74 Å². The first kappa shape index (κ1) is 12.6. The number of aromatic nitrogens is 3. The van der Waals surface area contributed by atoms with E-state index in [4.69, 9.17) is 11.6 Å². The summed E-state index contributed by atoms with van der Waals surface area (Å²) in [4.78, 5) is 11.5. The van der Waals surface area contributed by atoms with Crippen LogP contribution in [0.3, 0.4) is 0 Å². The second-order valence-electron chi connectivity index (χ2n) is 3.81. The summed E-state index contributed by atoms with van der Waals surface area (Å²) in [5.74, 6) is -0.501. The van der Waals surface area contributed by atoms with E-state index in [0.29, 0.717) is 10.7 Å². The number of hydrogen-bond donors (Lipinski definition) is 0. The summed E-state index contributed by atoms with van der Waals surface area (Å²) in [5.41, 5.74) is 2.50. The summed E-state index contributed by atoms with van der Waals surface area (Å²) in [6.45, 7) is 3.64. The molecule has 1 aromatic carbocycles. The van der Waals surface area contributed by atoms with Crippen LogP contribution in [0.15, 0.2) is 18.2 Å². The highest BCUT2D eigenvalue weighted by molar-refractivity contribution is 6.31. The molecule has 0 unspecified atom stereocenters. The van der Waals surface area contributed by atoms with Crippen LogP contribution in [-0.4, -0.2) is 28.1 Å². The molecule has 0 radical (unpaired) electrons. The van der Waals surface area contributed by atoms with Crippen molar-refractivity contribution < 1.29 is 9.53 Å². The molecule has 5 nitrogen and oxygen atoms in total. The summed E-state index contributed by atoms with van der Waals surface area (Å²) >= 11 is 6.06. The van der Waals surface area contributed by atoms with Crippen LogP contribution in [0.4, 0.5) is 0 Å². The second kappa shape index (κ2) is 4.78. The van der Waals surface area contributed by atoms with E-state index in [1.165, 1.54) is 7.11 Å². The molecule has 94 valence electrons. The lowest BCUT2D eigenvalue weighted by atomic mass is 10.2. The number of carbonyl (C=O) groups is 1. The molecule has 0 spiro atoms. The van der Waals surface area contributed by atoms with Gasteiger partial charge in [-0.15, -0.1) is 5.10 Å². The molecule has 0 saturated carbocycles. The molecule has 0 aliphatic rings. The number of halogens is 1. The molecule has 1 heterocycles. The van der Waals surface area contributed by atoms with E-state index >= 15 is 0 Å². The first-order valence-electron chi connectivity index (χ1n) is 5.32. The van der Waals surface area contributed by atoms with Crippen molar-refractivity contribution in [2.45, 2.75) is 13.8 Å². The predicted octanol–water partition coefficient (Wildman–Crippen LogP) is 2.32. The maximum atomic E-state index is 11.5. The van der Waals surface area contributed by atoms with Gasteiger partial charge in [-0.25, -0.2) is 9.48 Å². The van der Waals surface area contributed by atoms with Crippen LogP contribution in [0.5, 0.6) is 0 Å². The maximum Gasteiger partial charge on any atom is 0.360 e. The van der Waals surface area contributed by atoms with Gasteiger partial charge in [0.15, 0.2) is 5.69 Å². The predicted molar refractivity (Wildman–Crippen MR) is 67.2 cm³/mol. The molecule has 0 aliphatic heterocycles. The largest absolute Gasteiger partial charge is 0.464 e. The maximum absolute atomic E-state index is 11.5. The van der Waals surface area contributed by atoms with E-state index in [1.54, 1.807) is 17.7 Å². The van der Waals surface area contributed by atoms with E-state index in [1.807, 2.05) is 19.1 Å². The molecule has 2 aromatic rings. The Balaban J connectivity index is 2.56. The van der Waals surface area contributed by atoms with Crippen molar-refractivity contribution >= 4 is 17.6 Å². The van der Waals surface area contributed by atoms with Gasteiger partial charge in [0.25, 0.3) is 0 Å². The first-order valence-corrected chi connectivity index (χ1v) is 5.70. The van der Waals surface area contributed by atoms with Crippen LogP contribution >= 0.6 is 11.6 Å². The van der Waals surface area contributed by atoms with Gasteiger partial charge in [-0.2, -0.15) is 0 Å². The number of benzene rings is 1. The molecular formula is C12H12ClN3O2.